The van der Waals surface area contributed by atoms with Gasteiger partial charge in [0.1, 0.15) is 0 Å². The number of fused-ring (bicyclic) bond motifs is 2. The van der Waals surface area contributed by atoms with Crippen molar-refractivity contribution in [1.82, 2.24) is 14.6 Å². The molecule has 0 aliphatic heterocycles. The number of rotatable bonds is 0. The minimum Gasteiger partial charge on any atom is -0.297 e. The van der Waals surface area contributed by atoms with Gasteiger partial charge in [-0.25, -0.2) is 9.50 Å². The van der Waals surface area contributed by atoms with Crippen LogP contribution in [0.25, 0.3) is 16.6 Å². The molecule has 0 aliphatic rings. The Kier molecular flexibility index (Phi) is 1.28. The summed E-state index contributed by atoms with van der Waals surface area (Å²) in [6.45, 7) is 0. The van der Waals surface area contributed by atoms with Gasteiger partial charge in [0, 0.05) is 12.3 Å². The molecule has 14 heavy (non-hydrogen) atoms. The van der Waals surface area contributed by atoms with E-state index in [2.05, 4.69) is 10.1 Å². The van der Waals surface area contributed by atoms with E-state index < -0.39 is 0 Å². The lowest BCUT2D eigenvalue weighted by atomic mass is 10.2. The highest BCUT2D eigenvalue weighted by Crippen LogP contribution is 2.07. The Morgan fingerprint density at radius 2 is 2.07 bits per heavy atom. The van der Waals surface area contributed by atoms with Crippen molar-refractivity contribution in [3.05, 3.63) is 46.9 Å². The Labute approximate surface area is 78.8 Å². The van der Waals surface area contributed by atoms with Crippen LogP contribution in [-0.2, 0) is 0 Å². The zero-order valence-corrected chi connectivity index (χ0v) is 7.27. The largest absolute Gasteiger partial charge is 0.297 e. The van der Waals surface area contributed by atoms with Gasteiger partial charge in [0.2, 0.25) is 0 Å². The van der Waals surface area contributed by atoms with Crippen LogP contribution in [0.3, 0.4) is 0 Å². The molecule has 1 aromatic carbocycles. The highest BCUT2D eigenvalue weighted by atomic mass is 16.1. The molecule has 3 rings (SSSR count). The normalized spacial score (nSPS) is 11.1. The monoisotopic (exact) mass is 185 g/mol. The number of H-pyrrole nitrogens is 1. The zero-order chi connectivity index (χ0) is 9.54. The molecule has 0 atom stereocenters. The van der Waals surface area contributed by atoms with Gasteiger partial charge < -0.3 is 0 Å². The molecular weight excluding hydrogens is 178 g/mol. The summed E-state index contributed by atoms with van der Waals surface area (Å²) in [5, 5.41) is 3.45. The summed E-state index contributed by atoms with van der Waals surface area (Å²) in [7, 11) is 0. The summed E-state index contributed by atoms with van der Waals surface area (Å²) in [5.74, 6) is 0. The van der Waals surface area contributed by atoms with Crippen molar-refractivity contribution in [2.24, 2.45) is 0 Å². The molecule has 2 aromatic heterocycles. The highest BCUT2D eigenvalue weighted by Gasteiger charge is 2.03. The number of hydrogen-bond acceptors (Lipinski definition) is 2. The lowest BCUT2D eigenvalue weighted by molar-refractivity contribution is 0.915. The van der Waals surface area contributed by atoms with E-state index in [1.165, 1.54) is 4.52 Å². The Bertz CT molecular complexity index is 665. The van der Waals surface area contributed by atoms with Gasteiger partial charge >= 0.3 is 0 Å². The lowest BCUT2D eigenvalue weighted by Gasteiger charge is -1.96. The quantitative estimate of drug-likeness (QED) is 0.571. The molecule has 0 saturated heterocycles. The molecule has 3 aromatic rings. The van der Waals surface area contributed by atoms with Gasteiger partial charge in [-0.2, -0.15) is 0 Å². The molecular formula is C10H7N3O. The van der Waals surface area contributed by atoms with Crippen LogP contribution in [0.5, 0.6) is 0 Å². The van der Waals surface area contributed by atoms with Crippen molar-refractivity contribution in [3.63, 3.8) is 0 Å². The molecule has 68 valence electrons. The third kappa shape index (κ3) is 0.821. The summed E-state index contributed by atoms with van der Waals surface area (Å²) in [5.41, 5.74) is 1.32. The average molecular weight is 185 g/mol. The molecule has 2 heterocycles. The fourth-order valence-electron chi connectivity index (χ4n) is 1.57. The summed E-state index contributed by atoms with van der Waals surface area (Å²) in [6.07, 6.45) is 1.70. The molecule has 0 fully saturated rings. The van der Waals surface area contributed by atoms with E-state index in [4.69, 9.17) is 0 Å². The van der Waals surface area contributed by atoms with Crippen LogP contribution >= 0.6 is 0 Å². The number of para-hydroxylation sites is 1. The summed E-state index contributed by atoms with van der Waals surface area (Å²) in [6, 6.07) is 9.09. The number of nitrogens with zero attached hydrogens (tertiary/aromatic N) is 2. The van der Waals surface area contributed by atoms with Crippen molar-refractivity contribution >= 4 is 16.6 Å². The number of aromatic nitrogens is 3. The fourth-order valence-corrected chi connectivity index (χ4v) is 1.57. The lowest BCUT2D eigenvalue weighted by Crippen LogP contribution is -2.14. The molecule has 0 amide bonds. The number of nitrogens with one attached hydrogen (secondary N) is 1. The van der Waals surface area contributed by atoms with E-state index in [-0.39, 0.29) is 5.56 Å². The Morgan fingerprint density at radius 1 is 1.21 bits per heavy atom. The minimum atomic E-state index is -0.0596. The molecule has 0 aliphatic carbocycles. The smallest absolute Gasteiger partial charge is 0.280 e. The summed E-state index contributed by atoms with van der Waals surface area (Å²) in [4.78, 5) is 16.2. The summed E-state index contributed by atoms with van der Waals surface area (Å²) >= 11 is 0. The first-order valence-electron chi connectivity index (χ1n) is 4.31. The van der Waals surface area contributed by atoms with E-state index in [0.29, 0.717) is 11.0 Å². The first-order valence-corrected chi connectivity index (χ1v) is 4.31. The van der Waals surface area contributed by atoms with Gasteiger partial charge in [0.15, 0.2) is 5.65 Å². The molecule has 0 spiro atoms. The Hall–Kier alpha value is -2.10. The topological polar surface area (TPSA) is 50.2 Å². The van der Waals surface area contributed by atoms with Gasteiger partial charge in [-0.05, 0) is 12.1 Å². The standard InChI is InChI=1S/C10H7N3O/c14-10-7-3-1-2-4-8(7)12-9-5-6-11-13(9)10/h1-6,11H. The maximum Gasteiger partial charge on any atom is 0.280 e. The second kappa shape index (κ2) is 2.45. The molecule has 0 saturated carbocycles. The zero-order valence-electron chi connectivity index (χ0n) is 7.27. The van der Waals surface area contributed by atoms with Crippen LogP contribution in [0.1, 0.15) is 0 Å². The number of aromatic amines is 1. The average Bonchev–Trinajstić information content (AvgIpc) is 2.66. The Balaban J connectivity index is 2.70. The predicted octanol–water partition coefficient (Wildman–Crippen LogP) is 1.18. The second-order valence-corrected chi connectivity index (χ2v) is 3.09. The molecule has 0 unspecified atom stereocenters. The van der Waals surface area contributed by atoms with E-state index in [9.17, 15) is 4.79 Å². The summed E-state index contributed by atoms with van der Waals surface area (Å²) < 4.78 is 1.43. The third-order valence-electron chi connectivity index (χ3n) is 2.24. The number of benzene rings is 1. The van der Waals surface area contributed by atoms with Crippen LogP contribution in [-0.4, -0.2) is 14.6 Å². The van der Waals surface area contributed by atoms with Gasteiger partial charge in [-0.3, -0.25) is 9.89 Å². The van der Waals surface area contributed by atoms with E-state index in [1.807, 2.05) is 18.2 Å². The minimum absolute atomic E-state index is 0.0596. The van der Waals surface area contributed by atoms with Gasteiger partial charge in [-0.15, -0.1) is 0 Å². The maximum atomic E-state index is 11.8. The van der Waals surface area contributed by atoms with Crippen molar-refractivity contribution in [2.45, 2.75) is 0 Å². The van der Waals surface area contributed by atoms with Crippen LogP contribution in [0.15, 0.2) is 41.3 Å². The van der Waals surface area contributed by atoms with Crippen LogP contribution in [0, 0.1) is 0 Å². The van der Waals surface area contributed by atoms with Crippen molar-refractivity contribution in [2.75, 3.05) is 0 Å². The SMILES string of the molecule is O=c1c2ccccc2nc2cc[nH]n12. The molecule has 0 bridgehead atoms. The van der Waals surface area contributed by atoms with Crippen molar-refractivity contribution < 1.29 is 0 Å². The predicted molar refractivity (Wildman–Crippen MR) is 53.3 cm³/mol. The van der Waals surface area contributed by atoms with Gasteiger partial charge in [0.25, 0.3) is 5.56 Å². The van der Waals surface area contributed by atoms with E-state index >= 15 is 0 Å². The highest BCUT2D eigenvalue weighted by molar-refractivity contribution is 5.79. The van der Waals surface area contributed by atoms with Crippen LogP contribution < -0.4 is 5.56 Å². The van der Waals surface area contributed by atoms with Crippen LogP contribution in [0.2, 0.25) is 0 Å². The van der Waals surface area contributed by atoms with Crippen molar-refractivity contribution in [3.8, 4) is 0 Å². The van der Waals surface area contributed by atoms with E-state index in [1.54, 1.807) is 18.3 Å². The van der Waals surface area contributed by atoms with Crippen LogP contribution in [0.4, 0.5) is 0 Å². The molecule has 4 heteroatoms. The second-order valence-electron chi connectivity index (χ2n) is 3.09. The van der Waals surface area contributed by atoms with Gasteiger partial charge in [-0.1, -0.05) is 12.1 Å². The molecule has 1 N–H and O–H groups in total. The first kappa shape index (κ1) is 7.32. The first-order chi connectivity index (χ1) is 6.86. The fraction of sp³-hybridized carbons (Fsp3) is 0. The molecule has 4 nitrogen and oxygen atoms in total. The molecule has 0 radical (unpaired) electrons. The third-order valence-corrected chi connectivity index (χ3v) is 2.24. The van der Waals surface area contributed by atoms with Crippen molar-refractivity contribution in [1.29, 1.82) is 0 Å². The Morgan fingerprint density at radius 3 is 3.00 bits per heavy atom. The maximum absolute atomic E-state index is 11.8. The van der Waals surface area contributed by atoms with E-state index in [0.717, 1.165) is 5.52 Å². The van der Waals surface area contributed by atoms with Gasteiger partial charge in [0.05, 0.1) is 10.9 Å². The number of hydrogen-bond donors (Lipinski definition) is 1.